The highest BCUT2D eigenvalue weighted by Gasteiger charge is 2.58. The van der Waals surface area contributed by atoms with Crippen LogP contribution in [-0.4, -0.2) is 204 Å². The van der Waals surface area contributed by atoms with Crippen LogP contribution in [0.25, 0.3) is 0 Å². The maximum absolute atomic E-state index is 14.3. The van der Waals surface area contributed by atoms with Crippen molar-refractivity contribution < 1.29 is 117 Å². The van der Waals surface area contributed by atoms with E-state index >= 15 is 0 Å². The third kappa shape index (κ3) is 36.0. The van der Waals surface area contributed by atoms with Gasteiger partial charge in [0, 0.05) is 19.3 Å². The Bertz CT molecular complexity index is 2060. The van der Waals surface area contributed by atoms with Crippen molar-refractivity contribution in [3.63, 3.8) is 0 Å². The summed E-state index contributed by atoms with van der Waals surface area (Å²) in [5.74, 6) is -1.33. The summed E-state index contributed by atoms with van der Waals surface area (Å²) < 4.78 is 65.0. The van der Waals surface area contributed by atoms with Crippen molar-refractivity contribution in [1.29, 1.82) is 0 Å². The lowest BCUT2D eigenvalue weighted by molar-refractivity contribution is -0.360. The van der Waals surface area contributed by atoms with Gasteiger partial charge >= 0.3 is 25.7 Å². The van der Waals surface area contributed by atoms with Gasteiger partial charge in [0.2, 0.25) is 0 Å². The first-order chi connectivity index (χ1) is 46.2. The fourth-order valence-corrected chi connectivity index (χ4v) is 13.4. The molecule has 2 aliphatic heterocycles. The lowest BCUT2D eigenvalue weighted by Gasteiger charge is -2.49. The molecule has 0 radical (unpaired) electrons. The highest BCUT2D eigenvalue weighted by molar-refractivity contribution is 7.47. The molecule has 96 heavy (non-hydrogen) atoms. The number of esters is 3. The standard InChI is InChI=1S/C71H131O24P/c1-5-8-11-14-17-19-21-22-23-25-27-28-34-39-44-55(73)87-48-52(90-57(75)46-41-36-31-30-33-38-43-51(4)42-37-32-16-13-10-7-3)49-89-96(85,86)95-69-67(93-70-65(83)60(78)58(76)53(47-72)91-70)63(81)62(80)64(82)68(69)94-71-66(84)61(79)59(77)54(92-71)50-88-56(74)45-40-35-29-26-24-20-18-15-12-9-6-2/h23,25,51-54,58-72,76-84H,5-22,24,26-50H2,1-4H3,(H,85,86)/b25-23-. The molecule has 1 aliphatic carbocycles. The average molecular weight is 1400 g/mol. The van der Waals surface area contributed by atoms with Crippen molar-refractivity contribution in [2.45, 2.75) is 389 Å². The van der Waals surface area contributed by atoms with Crippen LogP contribution in [-0.2, 0) is 61.2 Å². The van der Waals surface area contributed by atoms with E-state index in [1.807, 2.05) is 0 Å². The molecule has 2 saturated heterocycles. The second-order valence-electron chi connectivity index (χ2n) is 27.3. The Hall–Kier alpha value is -2.30. The van der Waals surface area contributed by atoms with E-state index in [9.17, 15) is 74.9 Å². The summed E-state index contributed by atoms with van der Waals surface area (Å²) in [5.41, 5.74) is 0. The predicted octanol–water partition coefficient (Wildman–Crippen LogP) is 9.82. The molecule has 0 amide bonds. The largest absolute Gasteiger partial charge is 0.472 e. The molecule has 0 spiro atoms. The van der Waals surface area contributed by atoms with Gasteiger partial charge in [-0.1, -0.05) is 232 Å². The number of carbonyl (C=O) groups is 3. The summed E-state index contributed by atoms with van der Waals surface area (Å²) in [4.78, 5) is 51.0. The van der Waals surface area contributed by atoms with E-state index in [1.54, 1.807) is 0 Å². The van der Waals surface area contributed by atoms with Gasteiger partial charge in [-0.05, 0) is 50.9 Å². The number of hydrogen-bond donors (Lipinski definition) is 11. The summed E-state index contributed by atoms with van der Waals surface area (Å²) in [6, 6.07) is 0. The molecule has 11 N–H and O–H groups in total. The Morgan fingerprint density at radius 1 is 0.427 bits per heavy atom. The van der Waals surface area contributed by atoms with Crippen molar-refractivity contribution >= 4 is 25.7 Å². The predicted molar refractivity (Wildman–Crippen MR) is 361 cm³/mol. The number of unbranched alkanes of at least 4 members (excludes halogenated alkanes) is 30. The number of carbonyl (C=O) groups excluding carboxylic acids is 3. The molecule has 0 aromatic heterocycles. The third-order valence-corrected chi connectivity index (χ3v) is 19.7. The SMILES string of the molecule is CCCCCCCCC/C=C\CCCCCC(=O)OCC(COP(=O)(O)OC1C(OC2OC(CO)C(O)C(O)C2O)C(O)C(O)C(O)C1OC1OC(COC(=O)CCCCCCCCCCCCC)C(O)C(O)C1O)OC(=O)CCCCCCCCC(C)CCCCCCCC. The molecule has 0 aromatic carbocycles. The van der Waals surface area contributed by atoms with E-state index in [-0.39, 0.29) is 19.3 Å². The Morgan fingerprint density at radius 2 is 0.792 bits per heavy atom. The van der Waals surface area contributed by atoms with E-state index in [0.717, 1.165) is 96.3 Å². The first kappa shape index (κ1) is 87.9. The van der Waals surface area contributed by atoms with E-state index in [0.29, 0.717) is 25.2 Å². The maximum Gasteiger partial charge on any atom is 0.472 e. The molecular formula is C71H131O24P. The molecule has 3 rings (SSSR count). The Kier molecular flexibility index (Phi) is 48.2. The van der Waals surface area contributed by atoms with Crippen LogP contribution >= 0.6 is 7.82 Å². The number of aliphatic hydroxyl groups excluding tert-OH is 10. The number of rotatable bonds is 57. The van der Waals surface area contributed by atoms with Crippen LogP contribution in [0.2, 0.25) is 0 Å². The van der Waals surface area contributed by atoms with Crippen molar-refractivity contribution in [2.24, 2.45) is 5.92 Å². The minimum absolute atomic E-state index is 0.0269. The number of hydrogen-bond acceptors (Lipinski definition) is 23. The van der Waals surface area contributed by atoms with Gasteiger partial charge in [0.25, 0.3) is 0 Å². The van der Waals surface area contributed by atoms with Crippen molar-refractivity contribution in [1.82, 2.24) is 0 Å². The quantitative estimate of drug-likeness (QED) is 0.00886. The fraction of sp³-hybridized carbons (Fsp3) is 0.930. The highest BCUT2D eigenvalue weighted by atomic mass is 31.2. The summed E-state index contributed by atoms with van der Waals surface area (Å²) in [5, 5.41) is 110. The third-order valence-electron chi connectivity index (χ3n) is 18.7. The smallest absolute Gasteiger partial charge is 0.463 e. The van der Waals surface area contributed by atoms with Crippen LogP contribution in [0.1, 0.15) is 285 Å². The number of phosphoric acid groups is 1. The number of ether oxygens (including phenoxy) is 7. The van der Waals surface area contributed by atoms with E-state index in [4.69, 9.17) is 42.2 Å². The van der Waals surface area contributed by atoms with Crippen LogP contribution in [0.15, 0.2) is 12.2 Å². The summed E-state index contributed by atoms with van der Waals surface area (Å²) in [6.07, 6.45) is 8.73. The number of allylic oxidation sites excluding steroid dienone is 2. The molecule has 19 unspecified atom stereocenters. The van der Waals surface area contributed by atoms with Gasteiger partial charge in [0.05, 0.1) is 13.2 Å². The van der Waals surface area contributed by atoms with E-state index < -0.39 is 156 Å². The van der Waals surface area contributed by atoms with E-state index in [2.05, 4.69) is 39.8 Å². The van der Waals surface area contributed by atoms with Crippen LogP contribution in [0, 0.1) is 5.92 Å². The van der Waals surface area contributed by atoms with Gasteiger partial charge in [0.15, 0.2) is 18.7 Å². The molecule has 0 aromatic rings. The maximum atomic E-state index is 14.3. The van der Waals surface area contributed by atoms with Crippen molar-refractivity contribution in [3.8, 4) is 0 Å². The Balaban J connectivity index is 1.76. The molecule has 25 heteroatoms. The molecule has 564 valence electrons. The molecule has 2 heterocycles. The minimum Gasteiger partial charge on any atom is -0.463 e. The highest BCUT2D eigenvalue weighted by Crippen LogP contribution is 2.49. The van der Waals surface area contributed by atoms with Gasteiger partial charge in [-0.3, -0.25) is 23.4 Å². The molecule has 1 saturated carbocycles. The minimum atomic E-state index is -5.70. The Labute approximate surface area is 573 Å². The lowest BCUT2D eigenvalue weighted by atomic mass is 9.84. The van der Waals surface area contributed by atoms with Crippen LogP contribution < -0.4 is 0 Å². The van der Waals surface area contributed by atoms with E-state index in [1.165, 1.54) is 122 Å². The van der Waals surface area contributed by atoms with Gasteiger partial charge in [-0.15, -0.1) is 0 Å². The molecule has 24 nitrogen and oxygen atoms in total. The summed E-state index contributed by atoms with van der Waals surface area (Å²) in [7, 11) is -5.70. The Morgan fingerprint density at radius 3 is 1.24 bits per heavy atom. The van der Waals surface area contributed by atoms with Gasteiger partial charge in [-0.2, -0.15) is 0 Å². The summed E-state index contributed by atoms with van der Waals surface area (Å²) in [6.45, 7) is 5.73. The second-order valence-corrected chi connectivity index (χ2v) is 28.7. The summed E-state index contributed by atoms with van der Waals surface area (Å²) >= 11 is 0. The van der Waals surface area contributed by atoms with Crippen molar-refractivity contribution in [2.75, 3.05) is 26.4 Å². The molecular weight excluding hydrogens is 1270 g/mol. The molecule has 3 aliphatic rings. The number of phosphoric ester groups is 1. The van der Waals surface area contributed by atoms with Crippen molar-refractivity contribution in [3.05, 3.63) is 12.2 Å². The topological polar surface area (TPSA) is 374 Å². The zero-order valence-corrected chi connectivity index (χ0v) is 59.7. The lowest BCUT2D eigenvalue weighted by Crippen LogP contribution is -2.69. The van der Waals surface area contributed by atoms with Gasteiger partial charge in [0.1, 0.15) is 98.7 Å². The van der Waals surface area contributed by atoms with Gasteiger partial charge < -0.3 is 89.1 Å². The second kappa shape index (κ2) is 52.6. The zero-order valence-electron chi connectivity index (χ0n) is 58.8. The normalized spacial score (nSPS) is 28.3. The zero-order chi connectivity index (χ0) is 70.5. The molecule has 19 atom stereocenters. The first-order valence-electron chi connectivity index (χ1n) is 37.4. The fourth-order valence-electron chi connectivity index (χ4n) is 12.5. The van der Waals surface area contributed by atoms with Crippen LogP contribution in [0.4, 0.5) is 0 Å². The van der Waals surface area contributed by atoms with Gasteiger partial charge in [-0.25, -0.2) is 4.57 Å². The average Bonchev–Trinajstić information content (AvgIpc) is 0.763. The molecule has 0 bridgehead atoms. The number of aliphatic hydroxyl groups is 10. The first-order valence-corrected chi connectivity index (χ1v) is 38.9. The molecule has 3 fully saturated rings. The monoisotopic (exact) mass is 1400 g/mol. The van der Waals surface area contributed by atoms with Crippen LogP contribution in [0.3, 0.4) is 0 Å². The van der Waals surface area contributed by atoms with Crippen LogP contribution in [0.5, 0.6) is 0 Å².